The van der Waals surface area contributed by atoms with Gasteiger partial charge in [0.25, 0.3) is 0 Å². The third-order valence-electron chi connectivity index (χ3n) is 3.32. The molecule has 19 heavy (non-hydrogen) atoms. The van der Waals surface area contributed by atoms with Crippen molar-refractivity contribution < 1.29 is 9.18 Å². The molecule has 1 aromatic rings. The number of likely N-dealkylation sites (N-methyl/N-ethyl adjacent to an activating group) is 1. The minimum atomic E-state index is -0.310. The largest absolute Gasteiger partial charge is 0.345 e. The zero-order chi connectivity index (χ0) is 14.4. The zero-order valence-electron chi connectivity index (χ0n) is 11.9. The monoisotopic (exact) mass is 266 g/mol. The lowest BCUT2D eigenvalue weighted by molar-refractivity contribution is -0.129. The highest BCUT2D eigenvalue weighted by Crippen LogP contribution is 2.07. The molecule has 0 aliphatic rings. The van der Waals surface area contributed by atoms with Crippen LogP contribution in [-0.2, 0) is 11.2 Å². The topological polar surface area (TPSA) is 46.3 Å². The number of rotatable bonds is 6. The fourth-order valence-electron chi connectivity index (χ4n) is 1.76. The standard InChI is InChI=1S/C15H23FN2O/c1-11(2)14(17)7-8-18(3)15(19)10-12-5-4-6-13(16)9-12/h4-6,9,11,14H,7-8,10,17H2,1-3H3. The van der Waals surface area contributed by atoms with E-state index in [2.05, 4.69) is 13.8 Å². The fraction of sp³-hybridized carbons (Fsp3) is 0.533. The average molecular weight is 266 g/mol. The molecule has 0 aromatic heterocycles. The molecule has 106 valence electrons. The van der Waals surface area contributed by atoms with Crippen LogP contribution < -0.4 is 5.73 Å². The summed E-state index contributed by atoms with van der Waals surface area (Å²) in [6.45, 7) is 4.77. The van der Waals surface area contributed by atoms with Crippen LogP contribution in [0, 0.1) is 11.7 Å². The van der Waals surface area contributed by atoms with Crippen molar-refractivity contribution in [2.24, 2.45) is 11.7 Å². The average Bonchev–Trinajstić information content (AvgIpc) is 2.35. The molecule has 1 amide bonds. The van der Waals surface area contributed by atoms with Gasteiger partial charge in [0.1, 0.15) is 5.82 Å². The molecule has 0 radical (unpaired) electrons. The molecule has 0 aliphatic heterocycles. The van der Waals surface area contributed by atoms with E-state index in [0.29, 0.717) is 18.0 Å². The van der Waals surface area contributed by atoms with Crippen molar-refractivity contribution in [1.82, 2.24) is 4.90 Å². The van der Waals surface area contributed by atoms with Crippen molar-refractivity contribution in [1.29, 1.82) is 0 Å². The van der Waals surface area contributed by atoms with E-state index in [9.17, 15) is 9.18 Å². The van der Waals surface area contributed by atoms with Crippen LogP contribution in [0.4, 0.5) is 4.39 Å². The molecule has 3 nitrogen and oxygen atoms in total. The van der Waals surface area contributed by atoms with Crippen LogP contribution in [0.1, 0.15) is 25.8 Å². The van der Waals surface area contributed by atoms with Crippen LogP contribution in [0.3, 0.4) is 0 Å². The van der Waals surface area contributed by atoms with Crippen molar-refractivity contribution >= 4 is 5.91 Å². The summed E-state index contributed by atoms with van der Waals surface area (Å²) in [7, 11) is 1.76. The maximum atomic E-state index is 13.0. The number of carbonyl (C=O) groups is 1. The van der Waals surface area contributed by atoms with Gasteiger partial charge in [-0.3, -0.25) is 4.79 Å². The van der Waals surface area contributed by atoms with Gasteiger partial charge in [-0.1, -0.05) is 26.0 Å². The Hall–Kier alpha value is -1.42. The van der Waals surface area contributed by atoms with Crippen LogP contribution in [0.15, 0.2) is 24.3 Å². The van der Waals surface area contributed by atoms with E-state index in [-0.39, 0.29) is 24.2 Å². The number of hydrogen-bond acceptors (Lipinski definition) is 2. The third kappa shape index (κ3) is 5.39. The molecular weight excluding hydrogens is 243 g/mol. The summed E-state index contributed by atoms with van der Waals surface area (Å²) in [5, 5.41) is 0. The number of benzene rings is 1. The number of halogens is 1. The second-order valence-corrected chi connectivity index (χ2v) is 5.32. The van der Waals surface area contributed by atoms with Crippen LogP contribution >= 0.6 is 0 Å². The molecule has 1 unspecified atom stereocenters. The van der Waals surface area contributed by atoms with E-state index in [1.54, 1.807) is 24.1 Å². The Labute approximate surface area is 114 Å². The van der Waals surface area contributed by atoms with E-state index in [0.717, 1.165) is 6.42 Å². The first-order chi connectivity index (χ1) is 8.90. The molecule has 0 bridgehead atoms. The molecule has 0 fully saturated rings. The Kier molecular flexibility index (Phi) is 5.96. The van der Waals surface area contributed by atoms with Crippen molar-refractivity contribution in [3.8, 4) is 0 Å². The Morgan fingerprint density at radius 2 is 2.11 bits per heavy atom. The van der Waals surface area contributed by atoms with Gasteiger partial charge in [0.2, 0.25) is 5.91 Å². The quantitative estimate of drug-likeness (QED) is 0.858. The zero-order valence-corrected chi connectivity index (χ0v) is 11.9. The minimum absolute atomic E-state index is 0.0124. The first-order valence-corrected chi connectivity index (χ1v) is 6.64. The van der Waals surface area contributed by atoms with E-state index >= 15 is 0 Å². The summed E-state index contributed by atoms with van der Waals surface area (Å²) in [4.78, 5) is 13.6. The lowest BCUT2D eigenvalue weighted by Crippen LogP contribution is -2.35. The van der Waals surface area contributed by atoms with Gasteiger partial charge in [-0.05, 0) is 30.0 Å². The first-order valence-electron chi connectivity index (χ1n) is 6.64. The predicted octanol–water partition coefficient (Wildman–Crippen LogP) is 2.20. The van der Waals surface area contributed by atoms with Crippen molar-refractivity contribution in [2.45, 2.75) is 32.7 Å². The summed E-state index contributed by atoms with van der Waals surface area (Å²) in [6.07, 6.45) is 1.01. The van der Waals surface area contributed by atoms with Gasteiger partial charge in [-0.15, -0.1) is 0 Å². The van der Waals surface area contributed by atoms with E-state index in [4.69, 9.17) is 5.73 Å². The maximum Gasteiger partial charge on any atom is 0.226 e. The number of amides is 1. The molecule has 1 rings (SSSR count). The minimum Gasteiger partial charge on any atom is -0.345 e. The lowest BCUT2D eigenvalue weighted by Gasteiger charge is -2.21. The van der Waals surface area contributed by atoms with E-state index in [1.807, 2.05) is 0 Å². The highest BCUT2D eigenvalue weighted by molar-refractivity contribution is 5.78. The molecule has 0 heterocycles. The molecule has 4 heteroatoms. The second kappa shape index (κ2) is 7.24. The van der Waals surface area contributed by atoms with Crippen LogP contribution in [-0.4, -0.2) is 30.4 Å². The van der Waals surface area contributed by atoms with Gasteiger partial charge < -0.3 is 10.6 Å². The van der Waals surface area contributed by atoms with Gasteiger partial charge in [-0.25, -0.2) is 4.39 Å². The smallest absolute Gasteiger partial charge is 0.226 e. The third-order valence-corrected chi connectivity index (χ3v) is 3.32. The number of nitrogens with zero attached hydrogens (tertiary/aromatic N) is 1. The molecule has 0 saturated carbocycles. The van der Waals surface area contributed by atoms with Crippen molar-refractivity contribution in [2.75, 3.05) is 13.6 Å². The predicted molar refractivity (Wildman–Crippen MR) is 75.2 cm³/mol. The Balaban J connectivity index is 2.45. The van der Waals surface area contributed by atoms with Crippen LogP contribution in [0.25, 0.3) is 0 Å². The molecule has 1 aromatic carbocycles. The summed E-state index contributed by atoms with van der Waals surface area (Å²) in [6, 6.07) is 6.25. The first kappa shape index (κ1) is 15.6. The molecule has 0 aliphatic carbocycles. The summed E-state index contributed by atoms with van der Waals surface area (Å²) < 4.78 is 13.0. The Morgan fingerprint density at radius 3 is 2.68 bits per heavy atom. The Morgan fingerprint density at radius 1 is 1.42 bits per heavy atom. The molecule has 0 spiro atoms. The van der Waals surface area contributed by atoms with Gasteiger partial charge >= 0.3 is 0 Å². The molecule has 0 saturated heterocycles. The summed E-state index contributed by atoms with van der Waals surface area (Å²) >= 11 is 0. The van der Waals surface area contributed by atoms with Gasteiger partial charge in [0.05, 0.1) is 6.42 Å². The van der Waals surface area contributed by atoms with Crippen molar-refractivity contribution in [3.63, 3.8) is 0 Å². The highest BCUT2D eigenvalue weighted by atomic mass is 19.1. The van der Waals surface area contributed by atoms with Crippen molar-refractivity contribution in [3.05, 3.63) is 35.6 Å². The number of carbonyl (C=O) groups excluding carboxylic acids is 1. The van der Waals surface area contributed by atoms with Crippen LogP contribution in [0.2, 0.25) is 0 Å². The Bertz CT molecular complexity index is 420. The van der Waals surface area contributed by atoms with Crippen LogP contribution in [0.5, 0.6) is 0 Å². The number of nitrogens with two attached hydrogens (primary N) is 1. The van der Waals surface area contributed by atoms with Gasteiger partial charge in [0, 0.05) is 19.6 Å². The lowest BCUT2D eigenvalue weighted by atomic mass is 10.0. The molecular formula is C15H23FN2O. The fourth-order valence-corrected chi connectivity index (χ4v) is 1.76. The summed E-state index contributed by atoms with van der Waals surface area (Å²) in [5.41, 5.74) is 6.65. The van der Waals surface area contributed by atoms with E-state index < -0.39 is 0 Å². The highest BCUT2D eigenvalue weighted by Gasteiger charge is 2.13. The molecule has 1 atom stereocenters. The molecule has 2 N–H and O–H groups in total. The summed E-state index contributed by atoms with van der Waals surface area (Å²) in [5.74, 6) is 0.0862. The number of hydrogen-bond donors (Lipinski definition) is 1. The van der Waals surface area contributed by atoms with E-state index in [1.165, 1.54) is 12.1 Å². The van der Waals surface area contributed by atoms with Gasteiger partial charge in [0.15, 0.2) is 0 Å². The SMILES string of the molecule is CC(C)C(N)CCN(C)C(=O)Cc1cccc(F)c1. The maximum absolute atomic E-state index is 13.0. The van der Waals surface area contributed by atoms with Gasteiger partial charge in [-0.2, -0.15) is 0 Å². The normalized spacial score (nSPS) is 12.5. The second-order valence-electron chi connectivity index (χ2n) is 5.32.